The highest BCUT2D eigenvalue weighted by molar-refractivity contribution is 5.22. The second-order valence-electron chi connectivity index (χ2n) is 5.71. The predicted molar refractivity (Wildman–Crippen MR) is 93.9 cm³/mol. The SMILES string of the molecule is CN(Cc1ccccc1)C[C@@H](c1ccccc1)[C@@H](CN)N=[N+]=[N-]. The molecule has 5 heteroatoms. The third-order valence-corrected chi connectivity index (χ3v) is 3.94. The van der Waals surface area contributed by atoms with Crippen molar-refractivity contribution in [2.45, 2.75) is 18.5 Å². The van der Waals surface area contributed by atoms with Crippen LogP contribution in [-0.2, 0) is 6.54 Å². The fourth-order valence-corrected chi connectivity index (χ4v) is 2.80. The van der Waals surface area contributed by atoms with Crippen molar-refractivity contribution in [2.24, 2.45) is 10.8 Å². The smallest absolute Gasteiger partial charge is 0.0577 e. The number of azide groups is 1. The molecular formula is C18H23N5. The van der Waals surface area contributed by atoms with Crippen LogP contribution in [0.25, 0.3) is 10.4 Å². The lowest BCUT2D eigenvalue weighted by molar-refractivity contribution is 0.287. The maximum absolute atomic E-state index is 8.82. The number of hydrogen-bond donors (Lipinski definition) is 1. The molecule has 0 radical (unpaired) electrons. The van der Waals surface area contributed by atoms with Gasteiger partial charge in [-0.2, -0.15) is 0 Å². The van der Waals surface area contributed by atoms with E-state index in [1.54, 1.807) is 0 Å². The largest absolute Gasteiger partial charge is 0.330 e. The molecule has 120 valence electrons. The zero-order valence-electron chi connectivity index (χ0n) is 13.4. The number of likely N-dealkylation sites (N-methyl/N-ethyl adjacent to an activating group) is 1. The molecule has 2 rings (SSSR count). The topological polar surface area (TPSA) is 78.0 Å². The van der Waals surface area contributed by atoms with Crippen LogP contribution in [0, 0.1) is 0 Å². The standard InChI is InChI=1S/C18H23N5/c1-23(13-15-8-4-2-5-9-15)14-17(18(12-19)21-22-20)16-10-6-3-7-11-16/h2-11,17-18H,12-14,19H2,1H3/t17-,18+/m0/s1. The van der Waals surface area contributed by atoms with Gasteiger partial charge < -0.3 is 10.6 Å². The predicted octanol–water partition coefficient (Wildman–Crippen LogP) is 3.54. The van der Waals surface area contributed by atoms with E-state index in [2.05, 4.69) is 46.2 Å². The summed E-state index contributed by atoms with van der Waals surface area (Å²) in [5.41, 5.74) is 17.1. The number of nitrogens with two attached hydrogens (primary N) is 1. The highest BCUT2D eigenvalue weighted by Crippen LogP contribution is 2.23. The van der Waals surface area contributed by atoms with Gasteiger partial charge in [-0.1, -0.05) is 65.8 Å². The summed E-state index contributed by atoms with van der Waals surface area (Å²) in [5, 5.41) is 3.91. The molecule has 2 N–H and O–H groups in total. The molecule has 0 fully saturated rings. The van der Waals surface area contributed by atoms with Gasteiger partial charge in [0.2, 0.25) is 0 Å². The Labute approximate surface area is 137 Å². The number of hydrogen-bond acceptors (Lipinski definition) is 3. The lowest BCUT2D eigenvalue weighted by Gasteiger charge is -2.28. The van der Waals surface area contributed by atoms with E-state index in [1.807, 2.05) is 36.4 Å². The van der Waals surface area contributed by atoms with E-state index in [4.69, 9.17) is 11.3 Å². The second-order valence-corrected chi connectivity index (χ2v) is 5.71. The third kappa shape index (κ3) is 5.11. The van der Waals surface area contributed by atoms with Gasteiger partial charge in [0, 0.05) is 30.5 Å². The van der Waals surface area contributed by atoms with E-state index in [0.29, 0.717) is 6.54 Å². The summed E-state index contributed by atoms with van der Waals surface area (Å²) in [6, 6.07) is 20.2. The van der Waals surface area contributed by atoms with Crippen LogP contribution in [0.3, 0.4) is 0 Å². The normalized spacial score (nSPS) is 13.3. The van der Waals surface area contributed by atoms with Gasteiger partial charge in [-0.05, 0) is 23.7 Å². The van der Waals surface area contributed by atoms with Gasteiger partial charge in [-0.3, -0.25) is 0 Å². The molecule has 0 amide bonds. The van der Waals surface area contributed by atoms with E-state index in [-0.39, 0.29) is 12.0 Å². The van der Waals surface area contributed by atoms with Gasteiger partial charge in [0.15, 0.2) is 0 Å². The summed E-state index contributed by atoms with van der Waals surface area (Å²) in [6.45, 7) is 1.96. The van der Waals surface area contributed by atoms with Gasteiger partial charge in [-0.15, -0.1) is 0 Å². The summed E-state index contributed by atoms with van der Waals surface area (Å²) < 4.78 is 0. The van der Waals surface area contributed by atoms with Gasteiger partial charge >= 0.3 is 0 Å². The Morgan fingerprint density at radius 2 is 1.70 bits per heavy atom. The molecule has 23 heavy (non-hydrogen) atoms. The van der Waals surface area contributed by atoms with E-state index >= 15 is 0 Å². The highest BCUT2D eigenvalue weighted by atomic mass is 15.2. The number of nitrogens with zero attached hydrogens (tertiary/aromatic N) is 4. The van der Waals surface area contributed by atoms with Crippen LogP contribution >= 0.6 is 0 Å². The molecule has 0 aromatic heterocycles. The molecule has 0 saturated carbocycles. The second kappa shape index (κ2) is 8.96. The average molecular weight is 309 g/mol. The summed E-state index contributed by atoms with van der Waals surface area (Å²) >= 11 is 0. The first-order valence-electron chi connectivity index (χ1n) is 7.76. The minimum atomic E-state index is -0.249. The van der Waals surface area contributed by atoms with Crippen LogP contribution < -0.4 is 5.73 Å². The Kier molecular flexibility index (Phi) is 6.63. The highest BCUT2D eigenvalue weighted by Gasteiger charge is 2.22. The lowest BCUT2D eigenvalue weighted by atomic mass is 9.91. The molecule has 0 heterocycles. The summed E-state index contributed by atoms with van der Waals surface area (Å²) in [6.07, 6.45) is 0. The molecule has 0 bridgehead atoms. The van der Waals surface area contributed by atoms with Gasteiger partial charge in [0.05, 0.1) is 6.04 Å². The van der Waals surface area contributed by atoms with Crippen LogP contribution in [0.15, 0.2) is 65.8 Å². The first-order chi connectivity index (χ1) is 11.2. The van der Waals surface area contributed by atoms with Crippen LogP contribution in [0.2, 0.25) is 0 Å². The van der Waals surface area contributed by atoms with Crippen LogP contribution in [0.5, 0.6) is 0 Å². The molecule has 2 aromatic carbocycles. The molecule has 0 unspecified atom stereocenters. The first kappa shape index (κ1) is 17.0. The average Bonchev–Trinajstić information content (AvgIpc) is 2.59. The third-order valence-electron chi connectivity index (χ3n) is 3.94. The summed E-state index contributed by atoms with van der Waals surface area (Å²) in [7, 11) is 2.08. The van der Waals surface area contributed by atoms with Crippen LogP contribution in [0.1, 0.15) is 17.0 Å². The summed E-state index contributed by atoms with van der Waals surface area (Å²) in [4.78, 5) is 5.21. The van der Waals surface area contributed by atoms with E-state index in [1.165, 1.54) is 5.56 Å². The van der Waals surface area contributed by atoms with Crippen LogP contribution in [0.4, 0.5) is 0 Å². The monoisotopic (exact) mass is 309 g/mol. The molecule has 2 atom stereocenters. The fraction of sp³-hybridized carbons (Fsp3) is 0.333. The van der Waals surface area contributed by atoms with E-state index < -0.39 is 0 Å². The zero-order valence-corrected chi connectivity index (χ0v) is 13.4. The molecular weight excluding hydrogens is 286 g/mol. The van der Waals surface area contributed by atoms with E-state index in [9.17, 15) is 0 Å². The Morgan fingerprint density at radius 3 is 2.26 bits per heavy atom. The van der Waals surface area contributed by atoms with Gasteiger partial charge in [0.1, 0.15) is 0 Å². The van der Waals surface area contributed by atoms with Crippen molar-refractivity contribution in [3.05, 3.63) is 82.2 Å². The Balaban J connectivity index is 2.15. The van der Waals surface area contributed by atoms with Crippen molar-refractivity contribution < 1.29 is 0 Å². The molecule has 5 nitrogen and oxygen atoms in total. The Morgan fingerprint density at radius 1 is 1.09 bits per heavy atom. The van der Waals surface area contributed by atoms with Crippen molar-refractivity contribution in [1.82, 2.24) is 4.90 Å². The van der Waals surface area contributed by atoms with Crippen molar-refractivity contribution >= 4 is 0 Å². The maximum atomic E-state index is 8.82. The first-order valence-corrected chi connectivity index (χ1v) is 7.76. The quantitative estimate of drug-likeness (QED) is 0.460. The van der Waals surface area contributed by atoms with Crippen molar-refractivity contribution in [3.63, 3.8) is 0 Å². The Bertz CT molecular complexity index is 622. The van der Waals surface area contributed by atoms with Gasteiger partial charge in [-0.25, -0.2) is 0 Å². The minimum absolute atomic E-state index is 0.0748. The zero-order chi connectivity index (χ0) is 16.5. The Hall–Kier alpha value is -2.33. The molecule has 0 spiro atoms. The molecule has 0 aliphatic rings. The van der Waals surface area contributed by atoms with Crippen LogP contribution in [-0.4, -0.2) is 31.1 Å². The minimum Gasteiger partial charge on any atom is -0.330 e. The molecule has 0 aliphatic carbocycles. The maximum Gasteiger partial charge on any atom is 0.0577 e. The van der Waals surface area contributed by atoms with Crippen molar-refractivity contribution in [1.29, 1.82) is 0 Å². The molecule has 2 aromatic rings. The van der Waals surface area contributed by atoms with Gasteiger partial charge in [0.25, 0.3) is 0 Å². The van der Waals surface area contributed by atoms with E-state index in [0.717, 1.165) is 18.7 Å². The number of rotatable bonds is 8. The van der Waals surface area contributed by atoms with Crippen molar-refractivity contribution in [2.75, 3.05) is 20.1 Å². The van der Waals surface area contributed by atoms with Crippen molar-refractivity contribution in [3.8, 4) is 0 Å². The fourth-order valence-electron chi connectivity index (χ4n) is 2.80. The molecule has 0 aliphatic heterocycles. The summed E-state index contributed by atoms with van der Waals surface area (Å²) in [5.74, 6) is 0.0748. The number of benzene rings is 2. The lowest BCUT2D eigenvalue weighted by Crippen LogP contribution is -2.34. The molecule has 0 saturated heterocycles.